The number of pyridine rings is 1. The molecule has 1 heterocycles. The van der Waals surface area contributed by atoms with Gasteiger partial charge in [-0.15, -0.1) is 0 Å². The highest BCUT2D eigenvalue weighted by molar-refractivity contribution is 7.92. The third-order valence-electron chi connectivity index (χ3n) is 4.63. The first-order valence-electron chi connectivity index (χ1n) is 9.62. The Labute approximate surface area is 193 Å². The van der Waals surface area contributed by atoms with Crippen molar-refractivity contribution in [1.29, 1.82) is 0 Å². The van der Waals surface area contributed by atoms with Crippen molar-refractivity contribution in [2.75, 3.05) is 35.5 Å². The molecule has 0 aliphatic rings. The third-order valence-corrected chi connectivity index (χ3v) is 7.82. The lowest BCUT2D eigenvalue weighted by atomic mass is 10.2. The Hall–Kier alpha value is -3.48. The molecule has 174 valence electrons. The normalized spacial score (nSPS) is 11.8. The van der Waals surface area contributed by atoms with Crippen LogP contribution in [0.15, 0.2) is 77.8 Å². The Morgan fingerprint density at radius 3 is 2.03 bits per heavy atom. The van der Waals surface area contributed by atoms with Gasteiger partial charge in [0.05, 0.1) is 10.6 Å². The van der Waals surface area contributed by atoms with Gasteiger partial charge in [-0.05, 0) is 60.7 Å². The summed E-state index contributed by atoms with van der Waals surface area (Å²) >= 11 is 0. The summed E-state index contributed by atoms with van der Waals surface area (Å²) in [6.07, 6.45) is 1.47. The topological polar surface area (TPSA) is 129 Å². The molecule has 33 heavy (non-hydrogen) atoms. The van der Waals surface area contributed by atoms with Crippen LogP contribution in [-0.2, 0) is 20.2 Å². The molecule has 0 saturated heterocycles. The average Bonchev–Trinajstić information content (AvgIpc) is 2.79. The maximum atomic E-state index is 12.5. The molecule has 0 aliphatic heterocycles. The van der Waals surface area contributed by atoms with Gasteiger partial charge in [-0.1, -0.05) is 6.07 Å². The molecule has 0 bridgehead atoms. The van der Waals surface area contributed by atoms with E-state index < -0.39 is 26.1 Å². The summed E-state index contributed by atoms with van der Waals surface area (Å²) in [5.74, 6) is -0.232. The Morgan fingerprint density at radius 2 is 1.48 bits per heavy atom. The van der Waals surface area contributed by atoms with Crippen LogP contribution in [0, 0.1) is 0 Å². The number of hydrogen-bond donors (Lipinski definition) is 2. The van der Waals surface area contributed by atoms with E-state index in [9.17, 15) is 21.6 Å². The molecule has 2 N–H and O–H groups in total. The van der Waals surface area contributed by atoms with Gasteiger partial charge >= 0.3 is 10.2 Å². The van der Waals surface area contributed by atoms with Crippen LogP contribution < -0.4 is 14.3 Å². The highest BCUT2D eigenvalue weighted by Gasteiger charge is 2.21. The number of anilines is 3. The zero-order chi connectivity index (χ0) is 24.2. The molecular formula is C21H23N5O5S2. The second-order valence-electron chi connectivity index (χ2n) is 7.10. The fraction of sp³-hybridized carbons (Fsp3) is 0.143. The van der Waals surface area contributed by atoms with Gasteiger partial charge in [0.2, 0.25) is 0 Å². The van der Waals surface area contributed by atoms with Gasteiger partial charge in [0.1, 0.15) is 5.82 Å². The van der Waals surface area contributed by atoms with E-state index in [1.54, 1.807) is 12.1 Å². The lowest BCUT2D eigenvalue weighted by Gasteiger charge is -2.23. The van der Waals surface area contributed by atoms with E-state index in [1.165, 1.54) is 81.9 Å². The number of carbonyl (C=O) groups excluding carboxylic acids is 1. The number of sulfonamides is 1. The van der Waals surface area contributed by atoms with Crippen molar-refractivity contribution in [3.63, 3.8) is 0 Å². The van der Waals surface area contributed by atoms with Crippen LogP contribution in [0.25, 0.3) is 0 Å². The minimum absolute atomic E-state index is 0.0145. The Morgan fingerprint density at radius 1 is 0.848 bits per heavy atom. The fourth-order valence-electron chi connectivity index (χ4n) is 2.74. The number of benzene rings is 2. The van der Waals surface area contributed by atoms with Gasteiger partial charge in [0, 0.05) is 38.6 Å². The summed E-state index contributed by atoms with van der Waals surface area (Å²) in [5, 5.41) is 2.68. The number of amides is 1. The summed E-state index contributed by atoms with van der Waals surface area (Å²) in [6, 6.07) is 16.6. The van der Waals surface area contributed by atoms with Gasteiger partial charge in [-0.3, -0.25) is 13.8 Å². The van der Waals surface area contributed by atoms with Crippen LogP contribution in [0.2, 0.25) is 0 Å². The number of nitrogens with one attached hydrogen (secondary N) is 2. The van der Waals surface area contributed by atoms with E-state index in [2.05, 4.69) is 15.0 Å². The van der Waals surface area contributed by atoms with Crippen LogP contribution in [0.1, 0.15) is 10.4 Å². The number of hydrogen-bond acceptors (Lipinski definition) is 6. The molecule has 3 aromatic rings. The van der Waals surface area contributed by atoms with E-state index >= 15 is 0 Å². The molecule has 3 rings (SSSR count). The van der Waals surface area contributed by atoms with Crippen molar-refractivity contribution >= 4 is 43.3 Å². The maximum Gasteiger partial charge on any atom is 0.303 e. The predicted molar refractivity (Wildman–Crippen MR) is 127 cm³/mol. The summed E-state index contributed by atoms with van der Waals surface area (Å²) in [5.41, 5.74) is 1.10. The molecule has 10 nitrogen and oxygen atoms in total. The van der Waals surface area contributed by atoms with Crippen LogP contribution in [0.4, 0.5) is 17.2 Å². The monoisotopic (exact) mass is 489 g/mol. The standard InChI is InChI=1S/C21H23N5O5S2/c1-25(2)33(30,31)26(3)18-11-7-16(8-12-18)21(27)23-17-9-13-19(14-10-17)32(28,29)24-20-6-4-5-15-22-20/h4-15H,1-3H3,(H,22,24)(H,23,27). The molecule has 0 fully saturated rings. The minimum Gasteiger partial charge on any atom is -0.322 e. The first-order chi connectivity index (χ1) is 15.5. The van der Waals surface area contributed by atoms with Crippen LogP contribution in [0.5, 0.6) is 0 Å². The molecule has 1 aromatic heterocycles. The second kappa shape index (κ2) is 9.57. The van der Waals surface area contributed by atoms with Crippen molar-refractivity contribution in [3.8, 4) is 0 Å². The van der Waals surface area contributed by atoms with Gasteiger partial charge < -0.3 is 5.32 Å². The van der Waals surface area contributed by atoms with Gasteiger partial charge in [-0.2, -0.15) is 12.7 Å². The molecule has 0 spiro atoms. The zero-order valence-corrected chi connectivity index (χ0v) is 19.8. The molecular weight excluding hydrogens is 466 g/mol. The first-order valence-corrected chi connectivity index (χ1v) is 12.5. The number of carbonyl (C=O) groups is 1. The molecule has 0 radical (unpaired) electrons. The van der Waals surface area contributed by atoms with Gasteiger partial charge in [0.25, 0.3) is 15.9 Å². The van der Waals surface area contributed by atoms with Crippen LogP contribution in [0.3, 0.4) is 0 Å². The summed E-state index contributed by atoms with van der Waals surface area (Å²) in [6.45, 7) is 0. The summed E-state index contributed by atoms with van der Waals surface area (Å²) in [7, 11) is -3.19. The smallest absolute Gasteiger partial charge is 0.303 e. The molecule has 0 atom stereocenters. The Balaban J connectivity index is 1.68. The third kappa shape index (κ3) is 5.66. The molecule has 1 amide bonds. The van der Waals surface area contributed by atoms with Crippen molar-refractivity contribution in [1.82, 2.24) is 9.29 Å². The number of rotatable bonds is 8. The van der Waals surface area contributed by atoms with Crippen molar-refractivity contribution in [2.24, 2.45) is 0 Å². The minimum atomic E-state index is -3.82. The lowest BCUT2D eigenvalue weighted by molar-refractivity contribution is 0.102. The molecule has 0 saturated carbocycles. The number of aromatic nitrogens is 1. The van der Waals surface area contributed by atoms with E-state index in [-0.39, 0.29) is 10.7 Å². The predicted octanol–water partition coefficient (Wildman–Crippen LogP) is 2.38. The van der Waals surface area contributed by atoms with Crippen LogP contribution in [-0.4, -0.2) is 53.2 Å². The largest absolute Gasteiger partial charge is 0.322 e. The van der Waals surface area contributed by atoms with E-state index in [0.29, 0.717) is 16.9 Å². The molecule has 0 aliphatic carbocycles. The molecule has 2 aromatic carbocycles. The van der Waals surface area contributed by atoms with Crippen LogP contribution >= 0.6 is 0 Å². The number of nitrogens with zero attached hydrogens (tertiary/aromatic N) is 3. The van der Waals surface area contributed by atoms with E-state index in [4.69, 9.17) is 0 Å². The van der Waals surface area contributed by atoms with Crippen molar-refractivity contribution < 1.29 is 21.6 Å². The van der Waals surface area contributed by atoms with Gasteiger partial charge in [0.15, 0.2) is 0 Å². The quantitative estimate of drug-likeness (QED) is 0.500. The van der Waals surface area contributed by atoms with E-state index in [1.807, 2.05) is 0 Å². The zero-order valence-electron chi connectivity index (χ0n) is 18.1. The average molecular weight is 490 g/mol. The molecule has 12 heteroatoms. The maximum absolute atomic E-state index is 12.5. The molecule has 0 unspecified atom stereocenters. The highest BCUT2D eigenvalue weighted by atomic mass is 32.2. The Kier molecular flexibility index (Phi) is 7.01. The first kappa shape index (κ1) is 24.2. The fourth-order valence-corrected chi connectivity index (χ4v) is 4.63. The van der Waals surface area contributed by atoms with Crippen molar-refractivity contribution in [2.45, 2.75) is 4.90 Å². The summed E-state index contributed by atoms with van der Waals surface area (Å²) < 4.78 is 53.9. The Bertz CT molecular complexity index is 1330. The SMILES string of the molecule is CN(C)S(=O)(=O)N(C)c1ccc(C(=O)Nc2ccc(S(=O)(=O)Nc3ccccn3)cc2)cc1. The second-order valence-corrected chi connectivity index (χ2v) is 11.0. The van der Waals surface area contributed by atoms with E-state index in [0.717, 1.165) is 8.61 Å². The highest BCUT2D eigenvalue weighted by Crippen LogP contribution is 2.20. The van der Waals surface area contributed by atoms with Crippen molar-refractivity contribution in [3.05, 3.63) is 78.5 Å². The lowest BCUT2D eigenvalue weighted by Crippen LogP contribution is -2.37. The van der Waals surface area contributed by atoms with Gasteiger partial charge in [-0.25, -0.2) is 13.4 Å². The summed E-state index contributed by atoms with van der Waals surface area (Å²) in [4.78, 5) is 16.5.